The summed E-state index contributed by atoms with van der Waals surface area (Å²) in [6.07, 6.45) is -0.278. The van der Waals surface area contributed by atoms with Crippen molar-refractivity contribution in [2.24, 2.45) is 0 Å². The van der Waals surface area contributed by atoms with Crippen molar-refractivity contribution < 1.29 is 4.74 Å². The third kappa shape index (κ3) is 2.75. The van der Waals surface area contributed by atoms with Crippen molar-refractivity contribution in [3.8, 4) is 6.07 Å². The molecule has 1 aliphatic rings. The van der Waals surface area contributed by atoms with Crippen molar-refractivity contribution in [1.29, 1.82) is 5.26 Å². The second-order valence-corrected chi connectivity index (χ2v) is 4.55. The first-order valence-corrected chi connectivity index (χ1v) is 5.80. The van der Waals surface area contributed by atoms with Crippen LogP contribution in [-0.4, -0.2) is 35.7 Å². The molecule has 0 aliphatic carbocycles. The second-order valence-electron chi connectivity index (χ2n) is 3.61. The van der Waals surface area contributed by atoms with Crippen molar-refractivity contribution >= 4 is 11.3 Å². The van der Waals surface area contributed by atoms with Gasteiger partial charge in [-0.1, -0.05) is 0 Å². The van der Waals surface area contributed by atoms with E-state index in [4.69, 9.17) is 10.00 Å². The molecule has 1 saturated heterocycles. The van der Waals surface area contributed by atoms with Gasteiger partial charge in [-0.05, 0) is 6.92 Å². The van der Waals surface area contributed by atoms with Crippen LogP contribution in [0.1, 0.15) is 10.7 Å². The third-order valence-corrected chi connectivity index (χ3v) is 3.27. The Hall–Kier alpha value is -0.960. The van der Waals surface area contributed by atoms with Crippen LogP contribution in [-0.2, 0) is 11.3 Å². The normalized spacial score (nSPS) is 22.5. The Kier molecular flexibility index (Phi) is 3.31. The van der Waals surface area contributed by atoms with E-state index in [9.17, 15) is 0 Å². The average molecular weight is 223 g/mol. The molecule has 0 N–H and O–H groups in total. The van der Waals surface area contributed by atoms with Gasteiger partial charge in [-0.25, -0.2) is 4.98 Å². The summed E-state index contributed by atoms with van der Waals surface area (Å²) in [6, 6.07) is 2.14. The Morgan fingerprint density at radius 3 is 3.33 bits per heavy atom. The van der Waals surface area contributed by atoms with Crippen molar-refractivity contribution in [3.05, 3.63) is 16.1 Å². The summed E-state index contributed by atoms with van der Waals surface area (Å²) in [4.78, 5) is 6.63. The van der Waals surface area contributed by atoms with Crippen LogP contribution in [0.25, 0.3) is 0 Å². The van der Waals surface area contributed by atoms with E-state index in [1.54, 1.807) is 11.3 Å². The molecule has 1 fully saturated rings. The molecule has 1 aromatic heterocycles. The Morgan fingerprint density at radius 2 is 2.67 bits per heavy atom. The van der Waals surface area contributed by atoms with Crippen LogP contribution >= 0.6 is 11.3 Å². The zero-order chi connectivity index (χ0) is 10.7. The highest BCUT2D eigenvalue weighted by molar-refractivity contribution is 7.09. The smallest absolute Gasteiger partial charge is 0.156 e. The highest BCUT2D eigenvalue weighted by atomic mass is 32.1. The zero-order valence-electron chi connectivity index (χ0n) is 8.64. The van der Waals surface area contributed by atoms with Crippen molar-refractivity contribution in [3.63, 3.8) is 0 Å². The maximum absolute atomic E-state index is 8.76. The lowest BCUT2D eigenvalue weighted by atomic mass is 10.3. The maximum Gasteiger partial charge on any atom is 0.156 e. The molecule has 5 heteroatoms. The number of morpholine rings is 1. The predicted molar refractivity (Wildman–Crippen MR) is 57.5 cm³/mol. The molecular weight excluding hydrogens is 210 g/mol. The number of ether oxygens (including phenoxy) is 1. The molecule has 0 radical (unpaired) electrons. The molecule has 0 spiro atoms. The van der Waals surface area contributed by atoms with Crippen LogP contribution in [0.15, 0.2) is 5.38 Å². The molecule has 2 heterocycles. The van der Waals surface area contributed by atoms with Gasteiger partial charge in [0.15, 0.2) is 6.10 Å². The molecule has 80 valence electrons. The summed E-state index contributed by atoms with van der Waals surface area (Å²) in [5, 5.41) is 11.9. The Bertz CT molecular complexity index is 371. The van der Waals surface area contributed by atoms with Crippen LogP contribution < -0.4 is 0 Å². The summed E-state index contributed by atoms with van der Waals surface area (Å²) in [6.45, 7) is 5.05. The van der Waals surface area contributed by atoms with Gasteiger partial charge < -0.3 is 4.74 Å². The Labute approximate surface area is 93.1 Å². The summed E-state index contributed by atoms with van der Waals surface area (Å²) in [5.74, 6) is 0. The number of nitrogens with zero attached hydrogens (tertiary/aromatic N) is 3. The van der Waals surface area contributed by atoms with Gasteiger partial charge in [0.05, 0.1) is 19.2 Å². The Balaban J connectivity index is 1.92. The summed E-state index contributed by atoms with van der Waals surface area (Å²) in [7, 11) is 0. The van der Waals surface area contributed by atoms with Crippen molar-refractivity contribution in [1.82, 2.24) is 9.88 Å². The SMILES string of the molecule is Cc1csc(CN2CCOC(C#N)C2)n1. The first-order valence-electron chi connectivity index (χ1n) is 4.92. The van der Waals surface area contributed by atoms with E-state index >= 15 is 0 Å². The number of rotatable bonds is 2. The summed E-state index contributed by atoms with van der Waals surface area (Å²) >= 11 is 1.68. The fraction of sp³-hybridized carbons (Fsp3) is 0.600. The molecule has 4 nitrogen and oxygen atoms in total. The lowest BCUT2D eigenvalue weighted by Gasteiger charge is -2.28. The molecule has 1 aromatic rings. The quantitative estimate of drug-likeness (QED) is 0.755. The lowest BCUT2D eigenvalue weighted by molar-refractivity contribution is -0.00271. The lowest BCUT2D eigenvalue weighted by Crippen LogP contribution is -2.41. The van der Waals surface area contributed by atoms with E-state index in [1.165, 1.54) is 0 Å². The van der Waals surface area contributed by atoms with Crippen LogP contribution in [0.2, 0.25) is 0 Å². The largest absolute Gasteiger partial charge is 0.361 e. The Morgan fingerprint density at radius 1 is 1.80 bits per heavy atom. The molecule has 15 heavy (non-hydrogen) atoms. The molecule has 2 rings (SSSR count). The van der Waals surface area contributed by atoms with E-state index in [2.05, 4.69) is 21.3 Å². The monoisotopic (exact) mass is 223 g/mol. The summed E-state index contributed by atoms with van der Waals surface area (Å²) in [5.41, 5.74) is 1.07. The molecule has 1 atom stereocenters. The number of aromatic nitrogens is 1. The third-order valence-electron chi connectivity index (χ3n) is 2.32. The van der Waals surface area contributed by atoms with Gasteiger partial charge in [-0.15, -0.1) is 11.3 Å². The van der Waals surface area contributed by atoms with E-state index in [0.717, 1.165) is 23.8 Å². The number of thiazole rings is 1. The molecule has 0 aromatic carbocycles. The standard InChI is InChI=1S/C10H13N3OS/c1-8-7-15-10(12-8)6-13-2-3-14-9(4-11)5-13/h7,9H,2-3,5-6H2,1H3. The summed E-state index contributed by atoms with van der Waals surface area (Å²) < 4.78 is 5.28. The number of aryl methyl sites for hydroxylation is 1. The van der Waals surface area contributed by atoms with E-state index in [0.29, 0.717) is 13.2 Å². The van der Waals surface area contributed by atoms with Gasteiger partial charge in [0, 0.05) is 24.2 Å². The minimum atomic E-state index is -0.278. The van der Waals surface area contributed by atoms with E-state index in [-0.39, 0.29) is 6.10 Å². The highest BCUT2D eigenvalue weighted by Gasteiger charge is 2.20. The first kappa shape index (κ1) is 10.6. The van der Waals surface area contributed by atoms with Crippen molar-refractivity contribution in [2.75, 3.05) is 19.7 Å². The highest BCUT2D eigenvalue weighted by Crippen LogP contribution is 2.13. The zero-order valence-corrected chi connectivity index (χ0v) is 9.46. The van der Waals surface area contributed by atoms with Crippen LogP contribution in [0.3, 0.4) is 0 Å². The van der Waals surface area contributed by atoms with Gasteiger partial charge in [-0.2, -0.15) is 5.26 Å². The first-order chi connectivity index (χ1) is 7.28. The molecule has 0 saturated carbocycles. The topological polar surface area (TPSA) is 49.1 Å². The molecule has 1 unspecified atom stereocenters. The van der Waals surface area contributed by atoms with Crippen molar-refractivity contribution in [2.45, 2.75) is 19.6 Å². The van der Waals surface area contributed by atoms with E-state index in [1.807, 2.05) is 6.92 Å². The van der Waals surface area contributed by atoms with Crippen LogP contribution in [0.5, 0.6) is 0 Å². The fourth-order valence-electron chi connectivity index (χ4n) is 1.59. The van der Waals surface area contributed by atoms with E-state index < -0.39 is 0 Å². The minimum Gasteiger partial charge on any atom is -0.361 e. The van der Waals surface area contributed by atoms with Gasteiger partial charge in [0.2, 0.25) is 0 Å². The molecule has 0 bridgehead atoms. The minimum absolute atomic E-state index is 0.278. The predicted octanol–water partition coefficient (Wildman–Crippen LogP) is 1.18. The van der Waals surface area contributed by atoms with Gasteiger partial charge in [-0.3, -0.25) is 4.90 Å². The maximum atomic E-state index is 8.76. The van der Waals surface area contributed by atoms with Gasteiger partial charge in [0.1, 0.15) is 5.01 Å². The fourth-order valence-corrected chi connectivity index (χ4v) is 2.40. The number of nitriles is 1. The number of hydrogen-bond acceptors (Lipinski definition) is 5. The van der Waals surface area contributed by atoms with Crippen LogP contribution in [0.4, 0.5) is 0 Å². The molecular formula is C10H13N3OS. The van der Waals surface area contributed by atoms with Gasteiger partial charge in [0.25, 0.3) is 0 Å². The molecule has 0 amide bonds. The van der Waals surface area contributed by atoms with Gasteiger partial charge >= 0.3 is 0 Å². The second kappa shape index (κ2) is 4.71. The number of hydrogen-bond donors (Lipinski definition) is 0. The molecule has 1 aliphatic heterocycles. The van der Waals surface area contributed by atoms with Crippen LogP contribution in [0, 0.1) is 18.3 Å². The average Bonchev–Trinajstić information content (AvgIpc) is 2.64.